The molecule has 2 amide bonds. The predicted octanol–water partition coefficient (Wildman–Crippen LogP) is 2.23. The molecule has 1 heterocycles. The summed E-state index contributed by atoms with van der Waals surface area (Å²) in [7, 11) is 1.63. The molecule has 1 aromatic carbocycles. The molecule has 2 N–H and O–H groups in total. The van der Waals surface area contributed by atoms with Crippen molar-refractivity contribution in [2.75, 3.05) is 30.5 Å². The number of amides is 2. The molecule has 120 valence electrons. The number of anilines is 1. The van der Waals surface area contributed by atoms with Crippen LogP contribution in [0.25, 0.3) is 0 Å². The highest BCUT2D eigenvalue weighted by Gasteiger charge is 2.35. The van der Waals surface area contributed by atoms with Gasteiger partial charge in [-0.1, -0.05) is 17.7 Å². The number of rotatable bonds is 4. The summed E-state index contributed by atoms with van der Waals surface area (Å²) in [5.74, 6) is 0.436. The lowest BCUT2D eigenvalue weighted by molar-refractivity contribution is -0.136. The van der Waals surface area contributed by atoms with Crippen LogP contribution in [0, 0.1) is 6.92 Å². The van der Waals surface area contributed by atoms with Crippen LogP contribution in [-0.2, 0) is 14.3 Å². The summed E-state index contributed by atoms with van der Waals surface area (Å²) in [5, 5.41) is 5.73. The van der Waals surface area contributed by atoms with E-state index in [2.05, 4.69) is 10.6 Å². The van der Waals surface area contributed by atoms with Crippen molar-refractivity contribution in [3.63, 3.8) is 0 Å². The molecule has 1 saturated heterocycles. The number of carbonyl (C=O) groups is 2. The summed E-state index contributed by atoms with van der Waals surface area (Å²) in [6.07, 6.45) is 0.865. The third-order valence-corrected chi connectivity index (χ3v) is 5.18. The number of hydrogen-bond acceptors (Lipinski definition) is 4. The molecule has 0 radical (unpaired) electrons. The number of carbonyl (C=O) groups excluding carboxylic acids is 2. The van der Waals surface area contributed by atoms with Gasteiger partial charge in [0.1, 0.15) is 0 Å². The van der Waals surface area contributed by atoms with E-state index >= 15 is 0 Å². The van der Waals surface area contributed by atoms with Gasteiger partial charge in [-0.2, -0.15) is 11.8 Å². The van der Waals surface area contributed by atoms with Gasteiger partial charge in [-0.25, -0.2) is 0 Å². The molecule has 1 aliphatic rings. The second kappa shape index (κ2) is 7.35. The fourth-order valence-electron chi connectivity index (χ4n) is 2.19. The third kappa shape index (κ3) is 4.15. The van der Waals surface area contributed by atoms with E-state index in [-0.39, 0.29) is 5.60 Å². The first-order valence-corrected chi connectivity index (χ1v) is 8.47. The molecule has 0 aromatic heterocycles. The fraction of sp³-hybridized carbons (Fsp3) is 0.467. The Hall–Kier alpha value is -1.24. The average molecular weight is 343 g/mol. The molecule has 1 aliphatic heterocycles. The minimum atomic E-state index is -0.706. The molecule has 1 fully saturated rings. The first kappa shape index (κ1) is 17.1. The van der Waals surface area contributed by atoms with E-state index in [0.29, 0.717) is 17.3 Å². The smallest absolute Gasteiger partial charge is 0.313 e. The highest BCUT2D eigenvalue weighted by Crippen LogP contribution is 2.30. The highest BCUT2D eigenvalue weighted by molar-refractivity contribution is 7.99. The molecular formula is C15H19ClN2O3S. The molecule has 5 nitrogen and oxygen atoms in total. The summed E-state index contributed by atoms with van der Waals surface area (Å²) in [4.78, 5) is 23.9. The van der Waals surface area contributed by atoms with Crippen molar-refractivity contribution in [2.24, 2.45) is 0 Å². The molecular weight excluding hydrogens is 324 g/mol. The monoisotopic (exact) mass is 342 g/mol. The van der Waals surface area contributed by atoms with E-state index in [1.54, 1.807) is 37.1 Å². The summed E-state index contributed by atoms with van der Waals surface area (Å²) in [6, 6.07) is 5.13. The summed E-state index contributed by atoms with van der Waals surface area (Å²) < 4.78 is 5.50. The van der Waals surface area contributed by atoms with Crippen molar-refractivity contribution >= 4 is 40.9 Å². The first-order chi connectivity index (χ1) is 10.5. The number of thioether (sulfide) groups is 1. The van der Waals surface area contributed by atoms with Crippen LogP contribution in [0.15, 0.2) is 18.2 Å². The zero-order valence-corrected chi connectivity index (χ0v) is 14.1. The maximum atomic E-state index is 12.0. The van der Waals surface area contributed by atoms with Crippen molar-refractivity contribution in [1.82, 2.24) is 5.32 Å². The first-order valence-electron chi connectivity index (χ1n) is 6.94. The van der Waals surface area contributed by atoms with Gasteiger partial charge >= 0.3 is 11.8 Å². The van der Waals surface area contributed by atoms with Gasteiger partial charge in [-0.05, 0) is 36.8 Å². The van der Waals surface area contributed by atoms with Crippen molar-refractivity contribution in [3.8, 4) is 0 Å². The molecule has 0 bridgehead atoms. The summed E-state index contributed by atoms with van der Waals surface area (Å²) in [6.45, 7) is 2.16. The molecule has 2 rings (SSSR count). The van der Waals surface area contributed by atoms with Crippen LogP contribution in [0.5, 0.6) is 0 Å². The van der Waals surface area contributed by atoms with Gasteiger partial charge in [0.2, 0.25) is 0 Å². The van der Waals surface area contributed by atoms with Gasteiger partial charge in [0.15, 0.2) is 0 Å². The van der Waals surface area contributed by atoms with E-state index in [4.69, 9.17) is 16.3 Å². The zero-order valence-electron chi connectivity index (χ0n) is 12.6. The van der Waals surface area contributed by atoms with E-state index < -0.39 is 11.8 Å². The van der Waals surface area contributed by atoms with Gasteiger partial charge in [0.25, 0.3) is 0 Å². The summed E-state index contributed by atoms with van der Waals surface area (Å²) >= 11 is 7.67. The van der Waals surface area contributed by atoms with Crippen LogP contribution in [-0.4, -0.2) is 42.6 Å². The van der Waals surface area contributed by atoms with Crippen LogP contribution in [0.4, 0.5) is 5.69 Å². The standard InChI is InChI=1S/C15H19ClN2O3S/c1-10-3-4-11(16)7-12(10)18-14(20)13(19)17-8-15(21-2)5-6-22-9-15/h3-4,7H,5-6,8-9H2,1-2H3,(H,17,19)(H,18,20). The van der Waals surface area contributed by atoms with Crippen LogP contribution >= 0.6 is 23.4 Å². The number of benzene rings is 1. The number of halogens is 1. The van der Waals surface area contributed by atoms with E-state index in [1.807, 2.05) is 6.92 Å². The molecule has 7 heteroatoms. The Morgan fingerprint density at radius 1 is 1.41 bits per heavy atom. The van der Waals surface area contributed by atoms with Crippen molar-refractivity contribution in [1.29, 1.82) is 0 Å². The van der Waals surface area contributed by atoms with Crippen molar-refractivity contribution in [3.05, 3.63) is 28.8 Å². The normalized spacial score (nSPS) is 20.7. The summed E-state index contributed by atoms with van der Waals surface area (Å²) in [5.41, 5.74) is 1.00. The Labute approximate surface area is 139 Å². The maximum absolute atomic E-state index is 12.0. The van der Waals surface area contributed by atoms with Gasteiger partial charge in [0, 0.05) is 30.1 Å². The lowest BCUT2D eigenvalue weighted by atomic mass is 10.0. The van der Waals surface area contributed by atoms with Crippen LogP contribution in [0.1, 0.15) is 12.0 Å². The van der Waals surface area contributed by atoms with Crippen molar-refractivity contribution < 1.29 is 14.3 Å². The Bertz CT molecular complexity index is 574. The van der Waals surface area contributed by atoms with Crippen LogP contribution in [0.3, 0.4) is 0 Å². The van der Waals surface area contributed by atoms with Gasteiger partial charge in [-0.3, -0.25) is 9.59 Å². The van der Waals surface area contributed by atoms with Crippen LogP contribution < -0.4 is 10.6 Å². The fourth-order valence-corrected chi connectivity index (χ4v) is 3.76. The quantitative estimate of drug-likeness (QED) is 0.823. The second-order valence-electron chi connectivity index (χ2n) is 5.29. The van der Waals surface area contributed by atoms with Gasteiger partial charge in [-0.15, -0.1) is 0 Å². The number of ether oxygens (including phenoxy) is 1. The zero-order chi connectivity index (χ0) is 16.2. The van der Waals surface area contributed by atoms with E-state index in [9.17, 15) is 9.59 Å². The lowest BCUT2D eigenvalue weighted by Crippen LogP contribution is -2.47. The van der Waals surface area contributed by atoms with Gasteiger partial charge in [0.05, 0.1) is 5.60 Å². The van der Waals surface area contributed by atoms with Gasteiger partial charge < -0.3 is 15.4 Å². The predicted molar refractivity (Wildman–Crippen MR) is 89.5 cm³/mol. The minimum absolute atomic E-state index is 0.331. The molecule has 22 heavy (non-hydrogen) atoms. The lowest BCUT2D eigenvalue weighted by Gasteiger charge is -2.26. The largest absolute Gasteiger partial charge is 0.376 e. The Morgan fingerprint density at radius 2 is 2.18 bits per heavy atom. The Kier molecular flexibility index (Phi) is 5.72. The number of aryl methyl sites for hydroxylation is 1. The molecule has 1 aromatic rings. The highest BCUT2D eigenvalue weighted by atomic mass is 35.5. The average Bonchev–Trinajstić information content (AvgIpc) is 2.98. The molecule has 0 saturated carbocycles. The van der Waals surface area contributed by atoms with E-state index in [0.717, 1.165) is 23.5 Å². The number of methoxy groups -OCH3 is 1. The third-order valence-electron chi connectivity index (χ3n) is 3.73. The molecule has 0 spiro atoms. The Balaban J connectivity index is 1.92. The Morgan fingerprint density at radius 3 is 2.82 bits per heavy atom. The van der Waals surface area contributed by atoms with Crippen LogP contribution in [0.2, 0.25) is 5.02 Å². The van der Waals surface area contributed by atoms with Crippen molar-refractivity contribution in [2.45, 2.75) is 18.9 Å². The molecule has 1 unspecified atom stereocenters. The topological polar surface area (TPSA) is 67.4 Å². The number of hydrogen-bond donors (Lipinski definition) is 2. The van der Waals surface area contributed by atoms with E-state index in [1.165, 1.54) is 0 Å². The maximum Gasteiger partial charge on any atom is 0.313 e. The molecule has 1 atom stereocenters. The number of nitrogens with one attached hydrogen (secondary N) is 2. The minimum Gasteiger partial charge on any atom is -0.376 e. The SMILES string of the molecule is COC1(CNC(=O)C(=O)Nc2cc(Cl)ccc2C)CCSC1. The molecule has 0 aliphatic carbocycles. The second-order valence-corrected chi connectivity index (χ2v) is 6.83.